The van der Waals surface area contributed by atoms with Crippen LogP contribution in [0.1, 0.15) is 17.3 Å². The third-order valence-electron chi connectivity index (χ3n) is 3.82. The number of halogens is 1. The summed E-state index contributed by atoms with van der Waals surface area (Å²) in [6.07, 6.45) is 0. The molecular weight excluding hydrogens is 370 g/mol. The molecule has 0 fully saturated rings. The van der Waals surface area contributed by atoms with E-state index in [-0.39, 0.29) is 11.1 Å². The van der Waals surface area contributed by atoms with Gasteiger partial charge in [0.15, 0.2) is 5.13 Å². The molecule has 2 aromatic heterocycles. The first-order valence-electron chi connectivity index (χ1n) is 8.04. The van der Waals surface area contributed by atoms with Gasteiger partial charge in [0.2, 0.25) is 0 Å². The molecule has 1 N–H and O–H groups in total. The van der Waals surface area contributed by atoms with Gasteiger partial charge in [-0.05, 0) is 37.3 Å². The minimum atomic E-state index is -0.269. The van der Waals surface area contributed by atoms with Crippen molar-refractivity contribution in [3.63, 3.8) is 0 Å². The molecule has 4 rings (SSSR count). The minimum Gasteiger partial charge on any atom is -0.494 e. The molecule has 4 aromatic rings. The van der Waals surface area contributed by atoms with Gasteiger partial charge in [0.25, 0.3) is 5.91 Å². The Morgan fingerprint density at radius 3 is 2.85 bits per heavy atom. The molecule has 0 unspecified atom stereocenters. The van der Waals surface area contributed by atoms with Gasteiger partial charge in [0.1, 0.15) is 10.9 Å². The SMILES string of the molecule is CCOc1ccc2nc(NC(=O)c3cc(Cl)nc4ccccc34)sc2c1. The Labute approximate surface area is 158 Å². The third kappa shape index (κ3) is 3.21. The lowest BCUT2D eigenvalue weighted by molar-refractivity contribution is 0.102. The number of thiazole rings is 1. The van der Waals surface area contributed by atoms with E-state index < -0.39 is 0 Å². The van der Waals surface area contributed by atoms with Gasteiger partial charge in [-0.15, -0.1) is 0 Å². The Hall–Kier alpha value is -2.70. The highest BCUT2D eigenvalue weighted by Crippen LogP contribution is 2.30. The van der Waals surface area contributed by atoms with Gasteiger partial charge in [0.05, 0.1) is 27.9 Å². The third-order valence-corrected chi connectivity index (χ3v) is 4.95. The second-order valence-electron chi connectivity index (χ2n) is 5.55. The number of anilines is 1. The van der Waals surface area contributed by atoms with Crippen molar-refractivity contribution in [1.29, 1.82) is 0 Å². The van der Waals surface area contributed by atoms with Gasteiger partial charge in [-0.2, -0.15) is 0 Å². The number of benzene rings is 2. The smallest absolute Gasteiger partial charge is 0.258 e. The van der Waals surface area contributed by atoms with E-state index in [1.807, 2.05) is 49.4 Å². The van der Waals surface area contributed by atoms with Crippen molar-refractivity contribution >= 4 is 55.1 Å². The lowest BCUT2D eigenvalue weighted by Crippen LogP contribution is -2.12. The number of ether oxygens (including phenoxy) is 1. The molecule has 0 saturated carbocycles. The number of hydrogen-bond donors (Lipinski definition) is 1. The number of pyridine rings is 1. The average molecular weight is 384 g/mol. The summed E-state index contributed by atoms with van der Waals surface area (Å²) in [4.78, 5) is 21.5. The van der Waals surface area contributed by atoms with Crippen LogP contribution >= 0.6 is 22.9 Å². The second-order valence-corrected chi connectivity index (χ2v) is 6.96. The van der Waals surface area contributed by atoms with Crippen LogP contribution in [-0.4, -0.2) is 22.5 Å². The summed E-state index contributed by atoms with van der Waals surface area (Å²) in [6.45, 7) is 2.54. The van der Waals surface area contributed by atoms with E-state index in [4.69, 9.17) is 16.3 Å². The van der Waals surface area contributed by atoms with Crippen LogP contribution < -0.4 is 10.1 Å². The van der Waals surface area contributed by atoms with Crippen molar-refractivity contribution in [3.05, 3.63) is 59.2 Å². The summed E-state index contributed by atoms with van der Waals surface area (Å²) < 4.78 is 6.45. The summed E-state index contributed by atoms with van der Waals surface area (Å²) in [6, 6.07) is 14.6. The zero-order chi connectivity index (χ0) is 18.1. The molecule has 0 aliphatic rings. The Morgan fingerprint density at radius 2 is 2.00 bits per heavy atom. The summed E-state index contributed by atoms with van der Waals surface area (Å²) in [7, 11) is 0. The Bertz CT molecular complexity index is 1130. The molecule has 130 valence electrons. The fourth-order valence-electron chi connectivity index (χ4n) is 2.71. The summed E-state index contributed by atoms with van der Waals surface area (Å²) in [5, 5.41) is 4.41. The van der Waals surface area contributed by atoms with Crippen LogP contribution in [0, 0.1) is 0 Å². The first-order chi connectivity index (χ1) is 12.6. The fourth-order valence-corrected chi connectivity index (χ4v) is 3.80. The zero-order valence-corrected chi connectivity index (χ0v) is 15.4. The fraction of sp³-hybridized carbons (Fsp3) is 0.105. The first-order valence-corrected chi connectivity index (χ1v) is 9.23. The Balaban J connectivity index is 1.67. The number of nitrogens with zero attached hydrogens (tertiary/aromatic N) is 2. The highest BCUT2D eigenvalue weighted by molar-refractivity contribution is 7.22. The number of carbonyl (C=O) groups excluding carboxylic acids is 1. The maximum atomic E-state index is 12.8. The van der Waals surface area contributed by atoms with Crippen molar-refractivity contribution in [2.75, 3.05) is 11.9 Å². The predicted octanol–water partition coefficient (Wildman–Crippen LogP) is 5.15. The highest BCUT2D eigenvalue weighted by Gasteiger charge is 2.15. The molecule has 0 aliphatic heterocycles. The van der Waals surface area contributed by atoms with Gasteiger partial charge >= 0.3 is 0 Å². The second kappa shape index (κ2) is 6.90. The summed E-state index contributed by atoms with van der Waals surface area (Å²) in [5.41, 5.74) is 1.96. The Morgan fingerprint density at radius 1 is 1.15 bits per heavy atom. The number of aromatic nitrogens is 2. The van der Waals surface area contributed by atoms with E-state index >= 15 is 0 Å². The van der Waals surface area contributed by atoms with Crippen LogP contribution in [0.2, 0.25) is 5.15 Å². The van der Waals surface area contributed by atoms with Gasteiger partial charge in [-0.3, -0.25) is 10.1 Å². The van der Waals surface area contributed by atoms with E-state index in [1.165, 1.54) is 11.3 Å². The molecule has 5 nitrogen and oxygen atoms in total. The quantitative estimate of drug-likeness (QED) is 0.495. The standard InChI is InChI=1S/C19H14ClN3O2S/c1-2-25-11-7-8-15-16(9-11)26-19(22-15)23-18(24)13-10-17(20)21-14-6-4-3-5-12(13)14/h3-10H,2H2,1H3,(H,22,23,24). The minimum absolute atomic E-state index is 0.269. The van der Waals surface area contributed by atoms with Gasteiger partial charge in [-0.25, -0.2) is 9.97 Å². The molecular formula is C19H14ClN3O2S. The largest absolute Gasteiger partial charge is 0.494 e. The lowest BCUT2D eigenvalue weighted by atomic mass is 10.1. The molecule has 0 aliphatic carbocycles. The van der Waals surface area contributed by atoms with E-state index in [2.05, 4.69) is 15.3 Å². The van der Waals surface area contributed by atoms with E-state index in [9.17, 15) is 4.79 Å². The van der Waals surface area contributed by atoms with Gasteiger partial charge in [-0.1, -0.05) is 41.1 Å². The highest BCUT2D eigenvalue weighted by atomic mass is 35.5. The monoisotopic (exact) mass is 383 g/mol. The van der Waals surface area contributed by atoms with Crippen molar-refractivity contribution in [3.8, 4) is 5.75 Å². The number of amides is 1. The van der Waals surface area contributed by atoms with E-state index in [0.717, 1.165) is 21.4 Å². The van der Waals surface area contributed by atoms with Crippen molar-refractivity contribution in [2.24, 2.45) is 0 Å². The summed E-state index contributed by atoms with van der Waals surface area (Å²) >= 11 is 7.46. The average Bonchev–Trinajstić information content (AvgIpc) is 3.02. The molecule has 2 aromatic carbocycles. The maximum absolute atomic E-state index is 12.8. The van der Waals surface area contributed by atoms with Crippen molar-refractivity contribution in [2.45, 2.75) is 6.92 Å². The van der Waals surface area contributed by atoms with Crippen LogP contribution in [0.5, 0.6) is 5.75 Å². The normalized spacial score (nSPS) is 11.0. The van der Waals surface area contributed by atoms with Crippen molar-refractivity contribution in [1.82, 2.24) is 9.97 Å². The lowest BCUT2D eigenvalue weighted by Gasteiger charge is -2.06. The summed E-state index contributed by atoms with van der Waals surface area (Å²) in [5.74, 6) is 0.517. The molecule has 0 bridgehead atoms. The maximum Gasteiger partial charge on any atom is 0.258 e. The molecule has 2 heterocycles. The van der Waals surface area contributed by atoms with Crippen LogP contribution in [0.4, 0.5) is 5.13 Å². The number of nitrogens with one attached hydrogen (secondary N) is 1. The molecule has 0 spiro atoms. The molecule has 7 heteroatoms. The zero-order valence-electron chi connectivity index (χ0n) is 13.8. The number of para-hydroxylation sites is 1. The topological polar surface area (TPSA) is 64.1 Å². The number of carbonyl (C=O) groups is 1. The van der Waals surface area contributed by atoms with Crippen LogP contribution in [0.15, 0.2) is 48.5 Å². The van der Waals surface area contributed by atoms with Gasteiger partial charge in [0, 0.05) is 5.39 Å². The number of hydrogen-bond acceptors (Lipinski definition) is 5. The van der Waals surface area contributed by atoms with E-state index in [1.54, 1.807) is 6.07 Å². The molecule has 0 saturated heterocycles. The molecule has 0 radical (unpaired) electrons. The Kier molecular flexibility index (Phi) is 4.44. The van der Waals surface area contributed by atoms with Gasteiger partial charge < -0.3 is 4.74 Å². The molecule has 26 heavy (non-hydrogen) atoms. The number of fused-ring (bicyclic) bond motifs is 2. The predicted molar refractivity (Wildman–Crippen MR) is 105 cm³/mol. The molecule has 1 amide bonds. The van der Waals surface area contributed by atoms with Crippen molar-refractivity contribution < 1.29 is 9.53 Å². The van der Waals surface area contributed by atoms with Crippen LogP contribution in [0.25, 0.3) is 21.1 Å². The van der Waals surface area contributed by atoms with Crippen LogP contribution in [0.3, 0.4) is 0 Å². The van der Waals surface area contributed by atoms with E-state index in [0.29, 0.717) is 22.8 Å². The molecule has 0 atom stereocenters. The first kappa shape index (κ1) is 16.8. The van der Waals surface area contributed by atoms with Crippen LogP contribution in [-0.2, 0) is 0 Å². The number of rotatable bonds is 4.